The van der Waals surface area contributed by atoms with Gasteiger partial charge in [-0.15, -0.1) is 11.3 Å². The van der Waals surface area contributed by atoms with E-state index in [-0.39, 0.29) is 0 Å². The summed E-state index contributed by atoms with van der Waals surface area (Å²) in [6, 6.07) is 5.61. The first-order valence-electron chi connectivity index (χ1n) is 10.3. The minimum Gasteiger partial charge on any atom is -0.368 e. The lowest BCUT2D eigenvalue weighted by Crippen LogP contribution is -2.47. The molecule has 3 aromatic rings. The van der Waals surface area contributed by atoms with E-state index < -0.39 is 11.7 Å². The van der Waals surface area contributed by atoms with Gasteiger partial charge in [0.2, 0.25) is 0 Å². The summed E-state index contributed by atoms with van der Waals surface area (Å²) >= 11 is 1.79. The van der Waals surface area contributed by atoms with Crippen LogP contribution in [0.25, 0.3) is 10.2 Å². The number of alkyl halides is 3. The number of fused-ring (bicyclic) bond motifs is 3. The zero-order chi connectivity index (χ0) is 20.9. The number of hydrogen-bond acceptors (Lipinski definition) is 5. The molecule has 1 unspecified atom stereocenters. The van der Waals surface area contributed by atoms with Gasteiger partial charge >= 0.3 is 6.18 Å². The van der Waals surface area contributed by atoms with Crippen LogP contribution in [-0.4, -0.2) is 36.1 Å². The summed E-state index contributed by atoms with van der Waals surface area (Å²) in [5.41, 5.74) is 1.43. The third-order valence-corrected chi connectivity index (χ3v) is 7.35. The van der Waals surface area contributed by atoms with E-state index in [1.54, 1.807) is 23.7 Å². The average molecular weight is 433 g/mol. The van der Waals surface area contributed by atoms with Gasteiger partial charge in [0.05, 0.1) is 10.9 Å². The fourth-order valence-corrected chi connectivity index (χ4v) is 5.90. The second-order valence-electron chi connectivity index (χ2n) is 8.25. The van der Waals surface area contributed by atoms with Crippen LogP contribution in [0.1, 0.15) is 29.3 Å². The van der Waals surface area contributed by atoms with Gasteiger partial charge in [-0.1, -0.05) is 13.0 Å². The average Bonchev–Trinajstić information content (AvgIpc) is 3.11. The number of benzene rings is 1. The van der Waals surface area contributed by atoms with Crippen molar-refractivity contribution in [2.45, 2.75) is 32.4 Å². The molecular weight excluding hydrogens is 409 g/mol. The molecule has 5 rings (SSSR count). The van der Waals surface area contributed by atoms with Crippen molar-refractivity contribution >= 4 is 33.1 Å². The smallest absolute Gasteiger partial charge is 0.368 e. The number of rotatable bonds is 2. The Morgan fingerprint density at radius 1 is 1.07 bits per heavy atom. The molecule has 4 nitrogen and oxygen atoms in total. The molecule has 0 saturated carbocycles. The summed E-state index contributed by atoms with van der Waals surface area (Å²) in [5, 5.41) is 1.19. The Morgan fingerprint density at radius 3 is 2.60 bits per heavy atom. The van der Waals surface area contributed by atoms with E-state index in [0.29, 0.717) is 24.7 Å². The standard InChI is InChI=1S/C22H23F3N4S/c1-14-5-6-17-18(11-14)30-21-19(17)20(26-13-27-21)29-9-7-28(8-10-29)16-4-2-3-15(12-16)22(23,24)25/h2-4,12-14H,5-11H2,1H3. The SMILES string of the molecule is CC1CCc2c(sc3ncnc(N4CCN(c5cccc(C(F)(F)F)c5)CC4)c23)C1. The van der Waals surface area contributed by atoms with Crippen molar-refractivity contribution in [1.82, 2.24) is 9.97 Å². The molecule has 0 bridgehead atoms. The van der Waals surface area contributed by atoms with E-state index >= 15 is 0 Å². The van der Waals surface area contributed by atoms with Crippen LogP contribution in [0.5, 0.6) is 0 Å². The first-order valence-corrected chi connectivity index (χ1v) is 11.1. The monoisotopic (exact) mass is 432 g/mol. The fourth-order valence-electron chi connectivity index (χ4n) is 4.55. The topological polar surface area (TPSA) is 32.3 Å². The highest BCUT2D eigenvalue weighted by molar-refractivity contribution is 7.19. The highest BCUT2D eigenvalue weighted by atomic mass is 32.1. The first kappa shape index (κ1) is 19.6. The van der Waals surface area contributed by atoms with Crippen molar-refractivity contribution in [3.63, 3.8) is 0 Å². The molecule has 1 atom stereocenters. The van der Waals surface area contributed by atoms with Gasteiger partial charge in [0.1, 0.15) is 17.0 Å². The lowest BCUT2D eigenvalue weighted by Gasteiger charge is -2.37. The zero-order valence-electron chi connectivity index (χ0n) is 16.7. The number of anilines is 2. The normalized spacial score (nSPS) is 19.9. The molecular formula is C22H23F3N4S. The molecule has 0 N–H and O–H groups in total. The van der Waals surface area contributed by atoms with Gasteiger partial charge in [-0.25, -0.2) is 9.97 Å². The van der Waals surface area contributed by atoms with Crippen LogP contribution in [0.2, 0.25) is 0 Å². The van der Waals surface area contributed by atoms with Crippen molar-refractivity contribution in [2.24, 2.45) is 5.92 Å². The molecule has 0 spiro atoms. The number of aromatic nitrogens is 2. The summed E-state index contributed by atoms with van der Waals surface area (Å²) in [4.78, 5) is 15.9. The van der Waals surface area contributed by atoms with Crippen molar-refractivity contribution in [2.75, 3.05) is 36.0 Å². The number of halogens is 3. The summed E-state index contributed by atoms with van der Waals surface area (Å²) in [6.45, 7) is 5.08. The van der Waals surface area contributed by atoms with E-state index in [0.717, 1.165) is 42.6 Å². The Balaban J connectivity index is 1.38. The zero-order valence-corrected chi connectivity index (χ0v) is 17.6. The van der Waals surface area contributed by atoms with Gasteiger partial charge in [-0.2, -0.15) is 13.2 Å². The number of piperazine rings is 1. The summed E-state index contributed by atoms with van der Waals surface area (Å²) in [7, 11) is 0. The maximum Gasteiger partial charge on any atom is 0.416 e. The molecule has 30 heavy (non-hydrogen) atoms. The third kappa shape index (κ3) is 3.51. The molecule has 1 aliphatic carbocycles. The van der Waals surface area contributed by atoms with E-state index in [2.05, 4.69) is 21.8 Å². The van der Waals surface area contributed by atoms with Gasteiger partial charge in [0.15, 0.2) is 0 Å². The van der Waals surface area contributed by atoms with E-state index in [4.69, 9.17) is 0 Å². The molecule has 3 heterocycles. The molecule has 0 amide bonds. The molecule has 1 aliphatic heterocycles. The van der Waals surface area contributed by atoms with E-state index in [9.17, 15) is 13.2 Å². The second-order valence-corrected chi connectivity index (χ2v) is 9.33. The fraction of sp³-hybridized carbons (Fsp3) is 0.455. The highest BCUT2D eigenvalue weighted by Gasteiger charge is 2.31. The number of aryl methyl sites for hydroxylation is 1. The summed E-state index contributed by atoms with van der Waals surface area (Å²) in [5.74, 6) is 1.69. The van der Waals surface area contributed by atoms with Crippen LogP contribution in [0.3, 0.4) is 0 Å². The molecule has 2 aromatic heterocycles. The van der Waals surface area contributed by atoms with Gasteiger partial charge in [0, 0.05) is 36.7 Å². The number of nitrogens with zero attached hydrogens (tertiary/aromatic N) is 4. The Kier molecular flexibility index (Phi) is 4.84. The maximum atomic E-state index is 13.1. The van der Waals surface area contributed by atoms with Crippen molar-refractivity contribution in [3.05, 3.63) is 46.6 Å². The van der Waals surface area contributed by atoms with Crippen molar-refractivity contribution in [3.8, 4) is 0 Å². The van der Waals surface area contributed by atoms with Gasteiger partial charge in [-0.05, 0) is 48.9 Å². The lowest BCUT2D eigenvalue weighted by atomic mass is 9.89. The summed E-state index contributed by atoms with van der Waals surface area (Å²) in [6.07, 6.45) is 0.693. The van der Waals surface area contributed by atoms with Crippen LogP contribution >= 0.6 is 11.3 Å². The quantitative estimate of drug-likeness (QED) is 0.560. The Labute approximate surface area is 177 Å². The van der Waals surface area contributed by atoms with Crippen LogP contribution in [-0.2, 0) is 19.0 Å². The first-order chi connectivity index (χ1) is 14.4. The van der Waals surface area contributed by atoms with Crippen LogP contribution < -0.4 is 9.80 Å². The largest absolute Gasteiger partial charge is 0.416 e. The molecule has 8 heteroatoms. The van der Waals surface area contributed by atoms with Crippen LogP contribution in [0.15, 0.2) is 30.6 Å². The Bertz CT molecular complexity index is 1070. The molecule has 158 valence electrons. The third-order valence-electron chi connectivity index (χ3n) is 6.19. The van der Waals surface area contributed by atoms with E-state index in [1.165, 1.54) is 34.4 Å². The second kappa shape index (κ2) is 7.41. The van der Waals surface area contributed by atoms with Gasteiger partial charge < -0.3 is 9.80 Å². The van der Waals surface area contributed by atoms with Gasteiger partial charge in [0.25, 0.3) is 0 Å². The predicted molar refractivity (Wildman–Crippen MR) is 114 cm³/mol. The maximum absolute atomic E-state index is 13.1. The van der Waals surface area contributed by atoms with Crippen molar-refractivity contribution in [1.29, 1.82) is 0 Å². The predicted octanol–water partition coefficient (Wildman–Crippen LogP) is 5.16. The van der Waals surface area contributed by atoms with Crippen LogP contribution in [0, 0.1) is 5.92 Å². The number of hydrogen-bond donors (Lipinski definition) is 0. The highest BCUT2D eigenvalue weighted by Crippen LogP contribution is 2.41. The molecule has 1 saturated heterocycles. The van der Waals surface area contributed by atoms with Gasteiger partial charge in [-0.3, -0.25) is 0 Å². The molecule has 1 aromatic carbocycles. The Hall–Kier alpha value is -2.35. The van der Waals surface area contributed by atoms with E-state index in [1.807, 2.05) is 4.90 Å². The molecule has 2 aliphatic rings. The minimum absolute atomic E-state index is 0.598. The Morgan fingerprint density at radius 2 is 1.83 bits per heavy atom. The van der Waals surface area contributed by atoms with Crippen LogP contribution in [0.4, 0.5) is 24.7 Å². The van der Waals surface area contributed by atoms with Crippen molar-refractivity contribution < 1.29 is 13.2 Å². The summed E-state index contributed by atoms with van der Waals surface area (Å²) < 4.78 is 39.2. The molecule has 1 fully saturated rings. The minimum atomic E-state index is -4.32. The number of thiophene rings is 1. The molecule has 0 radical (unpaired) electrons. The lowest BCUT2D eigenvalue weighted by molar-refractivity contribution is -0.137.